The van der Waals surface area contributed by atoms with Crippen LogP contribution in [0.15, 0.2) is 35.2 Å². The topological polar surface area (TPSA) is 23.5 Å². The second-order valence-electron chi connectivity index (χ2n) is 2.97. The molecule has 0 radical (unpaired) electrons. The van der Waals surface area contributed by atoms with Gasteiger partial charge >= 0.3 is 0 Å². The van der Waals surface area contributed by atoms with E-state index < -0.39 is 6.23 Å². The lowest BCUT2D eigenvalue weighted by Crippen LogP contribution is -2.30. The van der Waals surface area contributed by atoms with E-state index >= 15 is 0 Å². The van der Waals surface area contributed by atoms with Crippen LogP contribution in [0.1, 0.15) is 20.3 Å². The molecule has 13 heavy (non-hydrogen) atoms. The first-order valence-electron chi connectivity index (χ1n) is 4.34. The zero-order chi connectivity index (χ0) is 9.84. The minimum absolute atomic E-state index is 0.568. The zero-order valence-electron chi connectivity index (χ0n) is 7.87. The summed E-state index contributed by atoms with van der Waals surface area (Å²) in [6, 6.07) is 0. The summed E-state index contributed by atoms with van der Waals surface area (Å²) in [5.41, 5.74) is 0.894. The van der Waals surface area contributed by atoms with Crippen LogP contribution in [-0.2, 0) is 0 Å². The van der Waals surface area contributed by atoms with E-state index in [1.807, 2.05) is 32.1 Å². The van der Waals surface area contributed by atoms with Crippen LogP contribution in [0.5, 0.6) is 0 Å². The Morgan fingerprint density at radius 3 is 3.08 bits per heavy atom. The third-order valence-electron chi connectivity index (χ3n) is 1.90. The number of aliphatic hydroxyl groups is 1. The van der Waals surface area contributed by atoms with Crippen LogP contribution in [-0.4, -0.2) is 16.2 Å². The first-order valence-corrected chi connectivity index (χ1v) is 4.71. The number of halogens is 1. The van der Waals surface area contributed by atoms with Crippen LogP contribution in [0.4, 0.5) is 0 Å². The first kappa shape index (κ1) is 10.4. The normalized spacial score (nSPS) is 23.4. The summed E-state index contributed by atoms with van der Waals surface area (Å²) in [4.78, 5) is 1.64. The van der Waals surface area contributed by atoms with E-state index in [1.54, 1.807) is 11.1 Å². The second-order valence-corrected chi connectivity index (χ2v) is 3.36. The maximum atomic E-state index is 9.72. The number of hydrogen-bond donors (Lipinski definition) is 1. The third kappa shape index (κ3) is 2.36. The summed E-state index contributed by atoms with van der Waals surface area (Å²) in [6.07, 6.45) is 7.62. The van der Waals surface area contributed by atoms with Gasteiger partial charge in [0.15, 0.2) is 6.23 Å². The fourth-order valence-corrected chi connectivity index (χ4v) is 1.44. The van der Waals surface area contributed by atoms with E-state index in [-0.39, 0.29) is 0 Å². The minimum Gasteiger partial charge on any atom is -0.369 e. The van der Waals surface area contributed by atoms with Gasteiger partial charge in [0.25, 0.3) is 0 Å². The smallest absolute Gasteiger partial charge is 0.153 e. The van der Waals surface area contributed by atoms with Crippen LogP contribution in [0, 0.1) is 0 Å². The van der Waals surface area contributed by atoms with Crippen molar-refractivity contribution in [3.8, 4) is 0 Å². The number of nitrogens with zero attached hydrogens (tertiary/aromatic N) is 1. The summed E-state index contributed by atoms with van der Waals surface area (Å²) in [5.74, 6) is 0. The molecule has 0 aromatic carbocycles. The van der Waals surface area contributed by atoms with Crippen LogP contribution < -0.4 is 0 Å². The molecule has 0 amide bonds. The van der Waals surface area contributed by atoms with E-state index in [9.17, 15) is 5.11 Å². The van der Waals surface area contributed by atoms with Gasteiger partial charge in [0, 0.05) is 6.20 Å². The van der Waals surface area contributed by atoms with E-state index in [0.717, 1.165) is 12.0 Å². The molecule has 1 atom stereocenters. The maximum absolute atomic E-state index is 9.72. The molecule has 0 saturated heterocycles. The van der Waals surface area contributed by atoms with Gasteiger partial charge in [-0.25, -0.2) is 0 Å². The van der Waals surface area contributed by atoms with Gasteiger partial charge in [0.05, 0.1) is 0 Å². The molecule has 1 aliphatic rings. The Kier molecular flexibility index (Phi) is 3.58. The van der Waals surface area contributed by atoms with E-state index in [0.29, 0.717) is 5.16 Å². The van der Waals surface area contributed by atoms with Crippen molar-refractivity contribution in [2.24, 2.45) is 0 Å². The minimum atomic E-state index is -0.625. The predicted octanol–water partition coefficient (Wildman–Crippen LogP) is 2.57. The highest BCUT2D eigenvalue weighted by molar-refractivity contribution is 6.29. The molecular formula is C10H14ClNO. The summed E-state index contributed by atoms with van der Waals surface area (Å²) < 4.78 is 0. The van der Waals surface area contributed by atoms with Crippen molar-refractivity contribution in [2.45, 2.75) is 26.5 Å². The van der Waals surface area contributed by atoms with E-state index in [2.05, 4.69) is 0 Å². The molecule has 1 unspecified atom stereocenters. The Morgan fingerprint density at radius 2 is 2.46 bits per heavy atom. The quantitative estimate of drug-likeness (QED) is 0.691. The highest BCUT2D eigenvalue weighted by Gasteiger charge is 2.17. The molecule has 1 heterocycles. The fourth-order valence-electron chi connectivity index (χ4n) is 1.14. The van der Waals surface area contributed by atoms with Crippen molar-refractivity contribution in [3.63, 3.8) is 0 Å². The zero-order valence-corrected chi connectivity index (χ0v) is 8.62. The lowest BCUT2D eigenvalue weighted by atomic mass is 10.2. The van der Waals surface area contributed by atoms with Crippen molar-refractivity contribution in [1.82, 2.24) is 4.90 Å². The van der Waals surface area contributed by atoms with Gasteiger partial charge in [-0.2, -0.15) is 0 Å². The first-order chi connectivity index (χ1) is 6.16. The van der Waals surface area contributed by atoms with Crippen LogP contribution in [0.3, 0.4) is 0 Å². The monoisotopic (exact) mass is 199 g/mol. The highest BCUT2D eigenvalue weighted by Crippen LogP contribution is 2.21. The Labute approximate surface area is 83.8 Å². The van der Waals surface area contributed by atoms with Crippen LogP contribution >= 0.6 is 11.6 Å². The molecule has 0 saturated carbocycles. The van der Waals surface area contributed by atoms with Crippen molar-refractivity contribution in [2.75, 3.05) is 0 Å². The van der Waals surface area contributed by atoms with Crippen molar-refractivity contribution >= 4 is 11.6 Å². The van der Waals surface area contributed by atoms with Crippen molar-refractivity contribution in [3.05, 3.63) is 35.2 Å². The molecule has 0 fully saturated rings. The average molecular weight is 200 g/mol. The molecule has 0 aromatic rings. The van der Waals surface area contributed by atoms with Gasteiger partial charge in [-0.3, -0.25) is 0 Å². The predicted molar refractivity (Wildman–Crippen MR) is 55.0 cm³/mol. The molecule has 72 valence electrons. The highest BCUT2D eigenvalue weighted by atomic mass is 35.5. The summed E-state index contributed by atoms with van der Waals surface area (Å²) >= 11 is 5.97. The second kappa shape index (κ2) is 4.49. The average Bonchev–Trinajstić information content (AvgIpc) is 2.10. The summed E-state index contributed by atoms with van der Waals surface area (Å²) in [5, 5.41) is 10.3. The number of rotatable bonds is 2. The Balaban J connectivity index is 2.78. The van der Waals surface area contributed by atoms with E-state index in [4.69, 9.17) is 11.6 Å². The summed E-state index contributed by atoms with van der Waals surface area (Å²) in [6.45, 7) is 3.88. The van der Waals surface area contributed by atoms with Gasteiger partial charge in [-0.15, -0.1) is 0 Å². The van der Waals surface area contributed by atoms with Gasteiger partial charge in [-0.1, -0.05) is 24.6 Å². The fraction of sp³-hybridized carbons (Fsp3) is 0.400. The van der Waals surface area contributed by atoms with Gasteiger partial charge < -0.3 is 10.0 Å². The van der Waals surface area contributed by atoms with Gasteiger partial charge in [0.1, 0.15) is 5.16 Å². The van der Waals surface area contributed by atoms with Crippen LogP contribution in [0.2, 0.25) is 0 Å². The number of allylic oxidation sites excluding steroid dienone is 3. The van der Waals surface area contributed by atoms with E-state index in [1.165, 1.54) is 0 Å². The molecule has 0 bridgehead atoms. The van der Waals surface area contributed by atoms with Gasteiger partial charge in [0.2, 0.25) is 0 Å². The summed E-state index contributed by atoms with van der Waals surface area (Å²) in [7, 11) is 0. The molecule has 0 spiro atoms. The number of hydrogen-bond acceptors (Lipinski definition) is 2. The lowest BCUT2D eigenvalue weighted by molar-refractivity contribution is 0.0967. The molecule has 0 aliphatic carbocycles. The van der Waals surface area contributed by atoms with Crippen molar-refractivity contribution in [1.29, 1.82) is 0 Å². The molecule has 0 aromatic heterocycles. The Morgan fingerprint density at radius 1 is 1.77 bits per heavy atom. The third-order valence-corrected chi connectivity index (χ3v) is 2.25. The standard InChI is InChI=1S/C10H14ClNO/c1-3-5-9(11)12-7-4-6-8(2)10(12)13/h4-7,10,13H,3H2,1-2H3/b9-5+. The molecule has 1 aliphatic heterocycles. The Hall–Kier alpha value is -0.730. The molecular weight excluding hydrogens is 186 g/mol. The van der Waals surface area contributed by atoms with Crippen molar-refractivity contribution < 1.29 is 5.11 Å². The largest absolute Gasteiger partial charge is 0.369 e. The molecule has 2 nitrogen and oxygen atoms in total. The SMILES string of the molecule is CC/C=C(\Cl)N1C=CC=C(C)C1O. The Bertz CT molecular complexity index is 268. The molecule has 1 N–H and O–H groups in total. The van der Waals surface area contributed by atoms with Gasteiger partial charge in [-0.05, 0) is 31.1 Å². The lowest BCUT2D eigenvalue weighted by Gasteiger charge is -2.28. The molecule has 1 rings (SSSR count). The number of aliphatic hydroxyl groups excluding tert-OH is 1. The van der Waals surface area contributed by atoms with Crippen LogP contribution in [0.25, 0.3) is 0 Å². The molecule has 3 heteroatoms. The maximum Gasteiger partial charge on any atom is 0.153 e.